The van der Waals surface area contributed by atoms with Gasteiger partial charge < -0.3 is 15.4 Å². The summed E-state index contributed by atoms with van der Waals surface area (Å²) in [6.07, 6.45) is 3.87. The van der Waals surface area contributed by atoms with Gasteiger partial charge in [-0.1, -0.05) is 13.0 Å². The number of hydrogen-bond donors (Lipinski definition) is 2. The Morgan fingerprint density at radius 2 is 2.40 bits per heavy atom. The van der Waals surface area contributed by atoms with E-state index < -0.39 is 0 Å². The molecule has 0 radical (unpaired) electrons. The fourth-order valence-electron chi connectivity index (χ4n) is 2.46. The van der Waals surface area contributed by atoms with Gasteiger partial charge in [0.05, 0.1) is 6.61 Å². The molecule has 0 aromatic heterocycles. The Morgan fingerprint density at radius 1 is 1.50 bits per heavy atom. The molecule has 1 aromatic carbocycles. The number of nitrogens with one attached hydrogen (secondary N) is 2. The molecule has 4 heteroatoms. The van der Waals surface area contributed by atoms with E-state index in [2.05, 4.69) is 17.6 Å². The molecule has 1 fully saturated rings. The van der Waals surface area contributed by atoms with Gasteiger partial charge in [0.25, 0.3) is 0 Å². The summed E-state index contributed by atoms with van der Waals surface area (Å²) in [4.78, 5) is 12.0. The van der Waals surface area contributed by atoms with Crippen LogP contribution in [0.1, 0.15) is 32.6 Å². The van der Waals surface area contributed by atoms with Gasteiger partial charge in [-0.15, -0.1) is 0 Å². The molecule has 1 heterocycles. The first-order valence-electron chi connectivity index (χ1n) is 7.51. The van der Waals surface area contributed by atoms with Crippen LogP contribution in [0, 0.1) is 5.92 Å². The average molecular weight is 276 g/mol. The van der Waals surface area contributed by atoms with Crippen LogP contribution in [0.4, 0.5) is 5.69 Å². The summed E-state index contributed by atoms with van der Waals surface area (Å²) >= 11 is 0. The smallest absolute Gasteiger partial charge is 0.224 e. The van der Waals surface area contributed by atoms with Gasteiger partial charge in [0.2, 0.25) is 5.91 Å². The number of benzene rings is 1. The van der Waals surface area contributed by atoms with Crippen molar-refractivity contribution >= 4 is 11.6 Å². The highest BCUT2D eigenvalue weighted by Crippen LogP contribution is 2.19. The highest BCUT2D eigenvalue weighted by molar-refractivity contribution is 5.91. The maximum Gasteiger partial charge on any atom is 0.224 e. The number of piperidine rings is 1. The third kappa shape index (κ3) is 4.85. The van der Waals surface area contributed by atoms with Crippen LogP contribution in [0.3, 0.4) is 0 Å². The first-order valence-corrected chi connectivity index (χ1v) is 7.51. The molecular formula is C16H24N2O2. The van der Waals surface area contributed by atoms with Gasteiger partial charge in [0.1, 0.15) is 5.75 Å². The monoisotopic (exact) mass is 276 g/mol. The lowest BCUT2D eigenvalue weighted by molar-refractivity contribution is -0.117. The lowest BCUT2D eigenvalue weighted by Crippen LogP contribution is -2.32. The number of anilines is 1. The highest BCUT2D eigenvalue weighted by atomic mass is 16.5. The maximum absolute atomic E-state index is 12.0. The van der Waals surface area contributed by atoms with Gasteiger partial charge in [-0.2, -0.15) is 0 Å². The van der Waals surface area contributed by atoms with E-state index in [0.29, 0.717) is 18.9 Å². The molecule has 1 amide bonds. The number of rotatable bonds is 6. The molecule has 2 rings (SSSR count). The lowest BCUT2D eigenvalue weighted by Gasteiger charge is -2.22. The maximum atomic E-state index is 12.0. The van der Waals surface area contributed by atoms with Crippen LogP contribution in [0.25, 0.3) is 0 Å². The number of hydrogen-bond acceptors (Lipinski definition) is 3. The molecule has 2 N–H and O–H groups in total. The predicted molar refractivity (Wildman–Crippen MR) is 81.1 cm³/mol. The molecule has 1 saturated heterocycles. The second-order valence-corrected chi connectivity index (χ2v) is 5.34. The first-order chi connectivity index (χ1) is 9.78. The molecule has 4 nitrogen and oxygen atoms in total. The normalized spacial score (nSPS) is 18.6. The minimum Gasteiger partial charge on any atom is -0.494 e. The van der Waals surface area contributed by atoms with Crippen LogP contribution in [-0.2, 0) is 4.79 Å². The molecule has 110 valence electrons. The second-order valence-electron chi connectivity index (χ2n) is 5.34. The Morgan fingerprint density at radius 3 is 3.15 bits per heavy atom. The molecule has 1 aliphatic rings. The van der Waals surface area contributed by atoms with Crippen LogP contribution >= 0.6 is 0 Å². The third-order valence-electron chi connectivity index (χ3n) is 3.46. The summed E-state index contributed by atoms with van der Waals surface area (Å²) in [6.45, 7) is 4.80. The van der Waals surface area contributed by atoms with E-state index in [0.717, 1.165) is 43.8 Å². The SMILES string of the molecule is CCCOc1cccc(NC(=O)CC2CCCNC2)c1. The molecule has 0 aliphatic carbocycles. The minimum atomic E-state index is 0.0892. The summed E-state index contributed by atoms with van der Waals surface area (Å²) in [7, 11) is 0. The number of ether oxygens (including phenoxy) is 1. The van der Waals surface area contributed by atoms with Crippen molar-refractivity contribution in [3.63, 3.8) is 0 Å². The summed E-state index contributed by atoms with van der Waals surface area (Å²) in [5.41, 5.74) is 0.812. The Hall–Kier alpha value is -1.55. The van der Waals surface area contributed by atoms with E-state index in [4.69, 9.17) is 4.74 Å². The fourth-order valence-corrected chi connectivity index (χ4v) is 2.46. The summed E-state index contributed by atoms with van der Waals surface area (Å²) < 4.78 is 5.57. The Labute approximate surface area is 120 Å². The molecule has 1 aliphatic heterocycles. The minimum absolute atomic E-state index is 0.0892. The van der Waals surface area contributed by atoms with E-state index in [1.807, 2.05) is 24.3 Å². The van der Waals surface area contributed by atoms with Crippen LogP contribution in [0.15, 0.2) is 24.3 Å². The van der Waals surface area contributed by atoms with Gasteiger partial charge in [-0.25, -0.2) is 0 Å². The van der Waals surface area contributed by atoms with Crippen molar-refractivity contribution in [1.29, 1.82) is 0 Å². The Balaban J connectivity index is 1.83. The number of carbonyl (C=O) groups is 1. The molecular weight excluding hydrogens is 252 g/mol. The zero-order chi connectivity index (χ0) is 14.2. The van der Waals surface area contributed by atoms with Crippen molar-refractivity contribution in [2.75, 3.05) is 25.0 Å². The largest absolute Gasteiger partial charge is 0.494 e. The Kier molecular flexibility index (Phi) is 5.87. The molecule has 1 unspecified atom stereocenters. The lowest BCUT2D eigenvalue weighted by atomic mass is 9.96. The molecule has 20 heavy (non-hydrogen) atoms. The molecule has 0 spiro atoms. The standard InChI is InChI=1S/C16H24N2O2/c1-2-9-20-15-7-3-6-14(11-15)18-16(19)10-13-5-4-8-17-12-13/h3,6-7,11,13,17H,2,4-5,8-10,12H2,1H3,(H,18,19). The van der Waals surface area contributed by atoms with Crippen molar-refractivity contribution in [3.8, 4) is 5.75 Å². The van der Waals surface area contributed by atoms with Gasteiger partial charge >= 0.3 is 0 Å². The first kappa shape index (κ1) is 14.9. The summed E-state index contributed by atoms with van der Waals surface area (Å²) in [5.74, 6) is 1.36. The van der Waals surface area contributed by atoms with Gasteiger partial charge in [-0.05, 0) is 50.4 Å². The van der Waals surface area contributed by atoms with Crippen molar-refractivity contribution in [1.82, 2.24) is 5.32 Å². The van der Waals surface area contributed by atoms with Crippen molar-refractivity contribution < 1.29 is 9.53 Å². The zero-order valence-electron chi connectivity index (χ0n) is 12.2. The summed E-state index contributed by atoms with van der Waals surface area (Å²) in [5, 5.41) is 6.30. The van der Waals surface area contributed by atoms with E-state index in [9.17, 15) is 4.79 Å². The van der Waals surface area contributed by atoms with Gasteiger partial charge in [-0.3, -0.25) is 4.79 Å². The van der Waals surface area contributed by atoms with E-state index in [1.165, 1.54) is 0 Å². The summed E-state index contributed by atoms with van der Waals surface area (Å²) in [6, 6.07) is 7.60. The molecule has 1 atom stereocenters. The quantitative estimate of drug-likeness (QED) is 0.840. The van der Waals surface area contributed by atoms with Crippen LogP contribution < -0.4 is 15.4 Å². The predicted octanol–water partition coefficient (Wildman–Crippen LogP) is 2.80. The fraction of sp³-hybridized carbons (Fsp3) is 0.562. The van der Waals surface area contributed by atoms with Crippen LogP contribution in [-0.4, -0.2) is 25.6 Å². The second kappa shape index (κ2) is 7.90. The van der Waals surface area contributed by atoms with Crippen molar-refractivity contribution in [2.45, 2.75) is 32.6 Å². The van der Waals surface area contributed by atoms with Crippen molar-refractivity contribution in [2.24, 2.45) is 5.92 Å². The average Bonchev–Trinajstić information content (AvgIpc) is 2.46. The highest BCUT2D eigenvalue weighted by Gasteiger charge is 2.16. The van der Waals surface area contributed by atoms with Crippen LogP contribution in [0.5, 0.6) is 5.75 Å². The zero-order valence-corrected chi connectivity index (χ0v) is 12.2. The van der Waals surface area contributed by atoms with Crippen molar-refractivity contribution in [3.05, 3.63) is 24.3 Å². The number of carbonyl (C=O) groups excluding carboxylic acids is 1. The third-order valence-corrected chi connectivity index (χ3v) is 3.46. The van der Waals surface area contributed by atoms with Gasteiger partial charge in [0, 0.05) is 18.2 Å². The van der Waals surface area contributed by atoms with Gasteiger partial charge in [0.15, 0.2) is 0 Å². The van der Waals surface area contributed by atoms with E-state index >= 15 is 0 Å². The van der Waals surface area contributed by atoms with E-state index in [-0.39, 0.29) is 5.91 Å². The Bertz CT molecular complexity index is 428. The topological polar surface area (TPSA) is 50.4 Å². The van der Waals surface area contributed by atoms with E-state index in [1.54, 1.807) is 0 Å². The number of amides is 1. The van der Waals surface area contributed by atoms with Crippen LogP contribution in [0.2, 0.25) is 0 Å². The molecule has 0 bridgehead atoms. The molecule has 1 aromatic rings. The molecule has 0 saturated carbocycles.